The number of nitro benzene ring substituents is 1. The van der Waals surface area contributed by atoms with Gasteiger partial charge in [0, 0.05) is 30.4 Å². The van der Waals surface area contributed by atoms with Crippen molar-refractivity contribution in [2.24, 2.45) is 0 Å². The van der Waals surface area contributed by atoms with E-state index in [0.717, 1.165) is 0 Å². The fourth-order valence-electron chi connectivity index (χ4n) is 1.70. The first-order chi connectivity index (χ1) is 9.60. The number of nitro groups is 1. The van der Waals surface area contributed by atoms with Crippen LogP contribution in [0, 0.1) is 10.1 Å². The number of nitrogen functional groups attached to an aromatic ring is 1. The number of ether oxygens (including phenoxy) is 1. The average molecular weight is 274 g/mol. The smallest absolute Gasteiger partial charge is 0.270 e. The highest BCUT2D eigenvalue weighted by Crippen LogP contribution is 2.23. The molecule has 1 aromatic heterocycles. The first kappa shape index (κ1) is 13.9. The van der Waals surface area contributed by atoms with Crippen LogP contribution in [-0.2, 0) is 11.3 Å². The topological polar surface area (TPSA) is 104 Å². The predicted molar refractivity (Wildman–Crippen MR) is 73.9 cm³/mol. The van der Waals surface area contributed by atoms with Gasteiger partial charge in [-0.25, -0.2) is 9.97 Å². The van der Waals surface area contributed by atoms with Crippen LogP contribution in [-0.4, -0.2) is 21.5 Å². The van der Waals surface area contributed by atoms with Gasteiger partial charge in [-0.1, -0.05) is 12.1 Å². The summed E-state index contributed by atoms with van der Waals surface area (Å²) >= 11 is 0. The fourth-order valence-corrected chi connectivity index (χ4v) is 1.70. The zero-order chi connectivity index (χ0) is 14.5. The SMILES string of the molecule is CCOCc1nc(N)cc(-c2cccc([N+](=O)[O-])c2)n1. The number of aromatic nitrogens is 2. The summed E-state index contributed by atoms with van der Waals surface area (Å²) in [4.78, 5) is 18.7. The Balaban J connectivity index is 2.38. The number of non-ortho nitro benzene ring substituents is 1. The molecule has 0 atom stereocenters. The molecule has 104 valence electrons. The third-order valence-corrected chi connectivity index (χ3v) is 2.58. The van der Waals surface area contributed by atoms with E-state index in [9.17, 15) is 10.1 Å². The Kier molecular flexibility index (Phi) is 4.21. The Labute approximate surface area is 115 Å². The van der Waals surface area contributed by atoms with E-state index in [0.29, 0.717) is 29.5 Å². The summed E-state index contributed by atoms with van der Waals surface area (Å²) in [6, 6.07) is 7.79. The number of rotatable bonds is 5. The number of nitrogens with two attached hydrogens (primary N) is 1. The molecule has 0 spiro atoms. The number of hydrogen-bond donors (Lipinski definition) is 1. The van der Waals surface area contributed by atoms with Crippen LogP contribution >= 0.6 is 0 Å². The van der Waals surface area contributed by atoms with Crippen LogP contribution < -0.4 is 5.73 Å². The standard InChI is InChI=1S/C13H14N4O3/c1-2-20-8-13-15-11(7-12(14)16-13)9-4-3-5-10(6-9)17(18)19/h3-7H,2,8H2,1H3,(H2,14,15,16). The molecule has 0 unspecified atom stereocenters. The maximum Gasteiger partial charge on any atom is 0.270 e. The molecule has 0 fully saturated rings. The van der Waals surface area contributed by atoms with E-state index in [1.807, 2.05) is 6.92 Å². The Morgan fingerprint density at radius 1 is 1.35 bits per heavy atom. The molecule has 0 bridgehead atoms. The molecule has 0 amide bonds. The average Bonchev–Trinajstić information content (AvgIpc) is 2.44. The zero-order valence-corrected chi connectivity index (χ0v) is 10.9. The van der Waals surface area contributed by atoms with Gasteiger partial charge in [-0.05, 0) is 6.92 Å². The molecule has 2 N–H and O–H groups in total. The molecule has 0 aliphatic rings. The van der Waals surface area contributed by atoms with E-state index in [4.69, 9.17) is 10.5 Å². The maximum atomic E-state index is 10.8. The van der Waals surface area contributed by atoms with Gasteiger partial charge < -0.3 is 10.5 Å². The van der Waals surface area contributed by atoms with Crippen molar-refractivity contribution in [3.63, 3.8) is 0 Å². The molecule has 2 rings (SSSR count). The van der Waals surface area contributed by atoms with E-state index >= 15 is 0 Å². The third kappa shape index (κ3) is 3.27. The van der Waals surface area contributed by atoms with Gasteiger partial charge in [-0.3, -0.25) is 10.1 Å². The normalized spacial score (nSPS) is 10.4. The molecule has 1 aromatic carbocycles. The van der Waals surface area contributed by atoms with Crippen molar-refractivity contribution in [1.29, 1.82) is 0 Å². The highest BCUT2D eigenvalue weighted by molar-refractivity contribution is 5.64. The van der Waals surface area contributed by atoms with Crippen molar-refractivity contribution in [1.82, 2.24) is 9.97 Å². The van der Waals surface area contributed by atoms with Crippen LogP contribution in [0.1, 0.15) is 12.7 Å². The monoisotopic (exact) mass is 274 g/mol. The van der Waals surface area contributed by atoms with E-state index in [2.05, 4.69) is 9.97 Å². The van der Waals surface area contributed by atoms with Crippen molar-refractivity contribution < 1.29 is 9.66 Å². The van der Waals surface area contributed by atoms with Gasteiger partial charge in [0.25, 0.3) is 5.69 Å². The number of benzene rings is 1. The molecule has 20 heavy (non-hydrogen) atoms. The van der Waals surface area contributed by atoms with Crippen molar-refractivity contribution in [3.05, 3.63) is 46.3 Å². The molecular formula is C13H14N4O3. The Morgan fingerprint density at radius 3 is 2.85 bits per heavy atom. The molecule has 0 aliphatic heterocycles. The molecule has 7 heteroatoms. The van der Waals surface area contributed by atoms with Gasteiger partial charge in [0.2, 0.25) is 0 Å². The molecule has 0 saturated carbocycles. The molecule has 2 aromatic rings. The van der Waals surface area contributed by atoms with Gasteiger partial charge in [0.1, 0.15) is 12.4 Å². The number of nitrogens with zero attached hydrogens (tertiary/aromatic N) is 3. The summed E-state index contributed by atoms with van der Waals surface area (Å²) in [6.07, 6.45) is 0. The highest BCUT2D eigenvalue weighted by Gasteiger charge is 2.10. The highest BCUT2D eigenvalue weighted by atomic mass is 16.6. The largest absolute Gasteiger partial charge is 0.384 e. The summed E-state index contributed by atoms with van der Waals surface area (Å²) in [5.74, 6) is 0.754. The molecule has 1 heterocycles. The Morgan fingerprint density at radius 2 is 2.15 bits per heavy atom. The fraction of sp³-hybridized carbons (Fsp3) is 0.231. The lowest BCUT2D eigenvalue weighted by Crippen LogP contribution is -2.03. The summed E-state index contributed by atoms with van der Waals surface area (Å²) in [7, 11) is 0. The molecule has 0 saturated heterocycles. The van der Waals surface area contributed by atoms with Crippen LogP contribution in [0.3, 0.4) is 0 Å². The van der Waals surface area contributed by atoms with Gasteiger partial charge in [-0.15, -0.1) is 0 Å². The second kappa shape index (κ2) is 6.07. The second-order valence-electron chi connectivity index (χ2n) is 4.04. The summed E-state index contributed by atoms with van der Waals surface area (Å²) in [6.45, 7) is 2.67. The van der Waals surface area contributed by atoms with Crippen LogP contribution in [0.5, 0.6) is 0 Å². The van der Waals surface area contributed by atoms with Crippen molar-refractivity contribution in [3.8, 4) is 11.3 Å². The Hall–Kier alpha value is -2.54. The maximum absolute atomic E-state index is 10.8. The summed E-state index contributed by atoms with van der Waals surface area (Å²) in [5, 5.41) is 10.8. The minimum atomic E-state index is -0.449. The quantitative estimate of drug-likeness (QED) is 0.661. The van der Waals surface area contributed by atoms with E-state index in [1.165, 1.54) is 12.1 Å². The van der Waals surface area contributed by atoms with Crippen LogP contribution in [0.25, 0.3) is 11.3 Å². The van der Waals surface area contributed by atoms with Crippen LogP contribution in [0.15, 0.2) is 30.3 Å². The first-order valence-corrected chi connectivity index (χ1v) is 6.06. The second-order valence-corrected chi connectivity index (χ2v) is 4.04. The predicted octanol–water partition coefficient (Wildman–Crippen LogP) is 2.17. The van der Waals surface area contributed by atoms with Crippen molar-refractivity contribution in [2.75, 3.05) is 12.3 Å². The Bertz CT molecular complexity index is 631. The lowest BCUT2D eigenvalue weighted by Gasteiger charge is -2.06. The minimum Gasteiger partial charge on any atom is -0.384 e. The van der Waals surface area contributed by atoms with Crippen LogP contribution in [0.4, 0.5) is 11.5 Å². The lowest BCUT2D eigenvalue weighted by atomic mass is 10.1. The molecule has 7 nitrogen and oxygen atoms in total. The van der Waals surface area contributed by atoms with Crippen molar-refractivity contribution in [2.45, 2.75) is 13.5 Å². The zero-order valence-electron chi connectivity index (χ0n) is 10.9. The molecule has 0 aliphatic carbocycles. The molecular weight excluding hydrogens is 260 g/mol. The number of anilines is 1. The minimum absolute atomic E-state index is 0.00559. The van der Waals surface area contributed by atoms with Gasteiger partial charge in [-0.2, -0.15) is 0 Å². The lowest BCUT2D eigenvalue weighted by molar-refractivity contribution is -0.384. The van der Waals surface area contributed by atoms with Gasteiger partial charge in [0.05, 0.1) is 10.6 Å². The van der Waals surface area contributed by atoms with E-state index < -0.39 is 4.92 Å². The number of hydrogen-bond acceptors (Lipinski definition) is 6. The van der Waals surface area contributed by atoms with Crippen molar-refractivity contribution >= 4 is 11.5 Å². The first-order valence-electron chi connectivity index (χ1n) is 6.06. The van der Waals surface area contributed by atoms with Gasteiger partial charge in [0.15, 0.2) is 5.82 Å². The summed E-state index contributed by atoms with van der Waals surface area (Å²) in [5.41, 5.74) is 6.89. The third-order valence-electron chi connectivity index (χ3n) is 2.58. The van der Waals surface area contributed by atoms with E-state index in [1.54, 1.807) is 18.2 Å². The molecule has 0 radical (unpaired) electrons. The van der Waals surface area contributed by atoms with Gasteiger partial charge >= 0.3 is 0 Å². The van der Waals surface area contributed by atoms with Crippen LogP contribution in [0.2, 0.25) is 0 Å². The van der Waals surface area contributed by atoms with E-state index in [-0.39, 0.29) is 12.3 Å². The summed E-state index contributed by atoms with van der Waals surface area (Å²) < 4.78 is 5.24.